The molecule has 0 aliphatic rings. The molecular formula is C18H14FN5O2S. The van der Waals surface area contributed by atoms with Gasteiger partial charge in [-0.15, -0.1) is 15.3 Å². The molecule has 0 unspecified atom stereocenters. The Hall–Kier alpha value is -3.33. The Kier molecular flexibility index (Phi) is 4.28. The van der Waals surface area contributed by atoms with Crippen LogP contribution in [0.5, 0.6) is 5.75 Å². The number of anilines is 1. The monoisotopic (exact) mass is 383 g/mol. The van der Waals surface area contributed by atoms with Crippen molar-refractivity contribution in [3.8, 4) is 17.1 Å². The number of rotatable bonds is 4. The van der Waals surface area contributed by atoms with Gasteiger partial charge in [0.25, 0.3) is 5.91 Å². The fourth-order valence-corrected chi connectivity index (χ4v) is 3.30. The van der Waals surface area contributed by atoms with Gasteiger partial charge >= 0.3 is 0 Å². The smallest absolute Gasteiger partial charge is 0.257 e. The highest BCUT2D eigenvalue weighted by Gasteiger charge is 2.18. The maximum absolute atomic E-state index is 13.7. The minimum absolute atomic E-state index is 0.217. The second-order valence-electron chi connectivity index (χ2n) is 5.74. The number of amides is 1. The van der Waals surface area contributed by atoms with E-state index >= 15 is 0 Å². The standard InChI is InChI=1S/C18H14FN5O2S/c1-10-7-8-11(9-13(10)19)16(25)20-17-23-24-15(21-22-18(24)27-17)12-5-3-4-6-14(12)26-2/h3-9H,1-2H3,(H,20,23,25). The van der Waals surface area contributed by atoms with Gasteiger partial charge in [-0.1, -0.05) is 29.5 Å². The summed E-state index contributed by atoms with van der Waals surface area (Å²) in [6.07, 6.45) is 0. The highest BCUT2D eigenvalue weighted by atomic mass is 32.1. The van der Waals surface area contributed by atoms with Crippen LogP contribution in [0, 0.1) is 12.7 Å². The lowest BCUT2D eigenvalue weighted by atomic mass is 10.1. The first kappa shape index (κ1) is 17.1. The van der Waals surface area contributed by atoms with Crippen LogP contribution < -0.4 is 10.1 Å². The van der Waals surface area contributed by atoms with Crippen LogP contribution in [-0.2, 0) is 0 Å². The zero-order valence-electron chi connectivity index (χ0n) is 14.4. The van der Waals surface area contributed by atoms with E-state index < -0.39 is 11.7 Å². The van der Waals surface area contributed by atoms with Crippen molar-refractivity contribution in [1.29, 1.82) is 0 Å². The molecule has 2 heterocycles. The number of aromatic nitrogens is 4. The van der Waals surface area contributed by atoms with Gasteiger partial charge in [-0.2, -0.15) is 4.52 Å². The van der Waals surface area contributed by atoms with Crippen molar-refractivity contribution in [3.63, 3.8) is 0 Å². The van der Waals surface area contributed by atoms with Gasteiger partial charge < -0.3 is 4.74 Å². The summed E-state index contributed by atoms with van der Waals surface area (Å²) in [5.74, 6) is 0.262. The van der Waals surface area contributed by atoms with Crippen molar-refractivity contribution >= 4 is 27.3 Å². The van der Waals surface area contributed by atoms with Gasteiger partial charge in [-0.3, -0.25) is 10.1 Å². The molecule has 0 aliphatic carbocycles. The molecule has 4 aromatic rings. The van der Waals surface area contributed by atoms with Crippen LogP contribution in [0.1, 0.15) is 15.9 Å². The summed E-state index contributed by atoms with van der Waals surface area (Å²) < 4.78 is 20.6. The van der Waals surface area contributed by atoms with Gasteiger partial charge in [0.15, 0.2) is 5.82 Å². The normalized spacial score (nSPS) is 10.9. The molecule has 9 heteroatoms. The Labute approximate surface area is 157 Å². The number of hydrogen-bond acceptors (Lipinski definition) is 6. The third-order valence-corrected chi connectivity index (χ3v) is 4.81. The molecule has 0 saturated heterocycles. The predicted molar refractivity (Wildman–Crippen MR) is 99.7 cm³/mol. The number of methoxy groups -OCH3 is 1. The molecular weight excluding hydrogens is 369 g/mol. The molecule has 0 fully saturated rings. The fraction of sp³-hybridized carbons (Fsp3) is 0.111. The summed E-state index contributed by atoms with van der Waals surface area (Å²) in [6.45, 7) is 1.64. The summed E-state index contributed by atoms with van der Waals surface area (Å²) in [7, 11) is 1.57. The molecule has 0 spiro atoms. The van der Waals surface area contributed by atoms with E-state index in [-0.39, 0.29) is 5.56 Å². The number of nitrogens with zero attached hydrogens (tertiary/aromatic N) is 4. The number of hydrogen-bond donors (Lipinski definition) is 1. The molecule has 2 aromatic heterocycles. The Morgan fingerprint density at radius 3 is 2.81 bits per heavy atom. The van der Waals surface area contributed by atoms with Gasteiger partial charge in [-0.05, 0) is 36.8 Å². The van der Waals surface area contributed by atoms with Gasteiger partial charge in [0.1, 0.15) is 11.6 Å². The summed E-state index contributed by atoms with van der Waals surface area (Å²) >= 11 is 1.17. The minimum Gasteiger partial charge on any atom is -0.496 e. The average Bonchev–Trinajstić information content (AvgIpc) is 3.24. The number of fused-ring (bicyclic) bond motifs is 1. The lowest BCUT2D eigenvalue weighted by Crippen LogP contribution is -2.12. The summed E-state index contributed by atoms with van der Waals surface area (Å²) in [6, 6.07) is 11.7. The van der Waals surface area contributed by atoms with E-state index in [9.17, 15) is 9.18 Å². The Morgan fingerprint density at radius 1 is 1.22 bits per heavy atom. The zero-order valence-corrected chi connectivity index (χ0v) is 15.2. The van der Waals surface area contributed by atoms with E-state index in [1.807, 2.05) is 24.3 Å². The first-order chi connectivity index (χ1) is 13.1. The second kappa shape index (κ2) is 6.76. The number of aryl methyl sites for hydroxylation is 1. The van der Waals surface area contributed by atoms with E-state index in [1.165, 1.54) is 21.9 Å². The zero-order chi connectivity index (χ0) is 19.0. The average molecular weight is 383 g/mol. The number of carbonyl (C=O) groups excluding carboxylic acids is 1. The lowest BCUT2D eigenvalue weighted by molar-refractivity contribution is 0.102. The molecule has 0 atom stereocenters. The number of benzene rings is 2. The van der Waals surface area contributed by atoms with Gasteiger partial charge in [-0.25, -0.2) is 4.39 Å². The molecule has 4 rings (SSSR count). The second-order valence-corrected chi connectivity index (χ2v) is 6.70. The Morgan fingerprint density at radius 2 is 2.04 bits per heavy atom. The van der Waals surface area contributed by atoms with E-state index in [1.54, 1.807) is 26.2 Å². The fourth-order valence-electron chi connectivity index (χ4n) is 2.57. The van der Waals surface area contributed by atoms with Crippen LogP contribution in [0.25, 0.3) is 16.3 Å². The van der Waals surface area contributed by atoms with E-state index in [0.717, 1.165) is 5.56 Å². The molecule has 136 valence electrons. The van der Waals surface area contributed by atoms with E-state index in [0.29, 0.717) is 27.2 Å². The maximum Gasteiger partial charge on any atom is 0.257 e. The third kappa shape index (κ3) is 3.13. The molecule has 0 bridgehead atoms. The van der Waals surface area contributed by atoms with Crippen molar-refractivity contribution in [3.05, 3.63) is 59.4 Å². The lowest BCUT2D eigenvalue weighted by Gasteiger charge is -2.05. The third-order valence-electron chi connectivity index (χ3n) is 3.99. The van der Waals surface area contributed by atoms with Crippen LogP contribution in [0.3, 0.4) is 0 Å². The van der Waals surface area contributed by atoms with Crippen LogP contribution in [0.2, 0.25) is 0 Å². The molecule has 7 nitrogen and oxygen atoms in total. The van der Waals surface area contributed by atoms with Gasteiger partial charge in [0, 0.05) is 5.56 Å². The first-order valence-electron chi connectivity index (χ1n) is 8.00. The Balaban J connectivity index is 1.66. The molecule has 0 radical (unpaired) electrons. The van der Waals surface area contributed by atoms with Crippen molar-refractivity contribution in [2.24, 2.45) is 0 Å². The topological polar surface area (TPSA) is 81.4 Å². The maximum atomic E-state index is 13.7. The quantitative estimate of drug-likeness (QED) is 0.583. The molecule has 0 aliphatic heterocycles. The van der Waals surface area contributed by atoms with Crippen LogP contribution in [0.15, 0.2) is 42.5 Å². The van der Waals surface area contributed by atoms with Crippen molar-refractivity contribution in [2.45, 2.75) is 6.92 Å². The summed E-state index contributed by atoms with van der Waals surface area (Å²) in [5, 5.41) is 15.6. The molecule has 1 amide bonds. The number of carbonyl (C=O) groups is 1. The highest BCUT2D eigenvalue weighted by molar-refractivity contribution is 7.20. The molecule has 1 N–H and O–H groups in total. The summed E-state index contributed by atoms with van der Waals surface area (Å²) in [4.78, 5) is 12.9. The molecule has 0 saturated carbocycles. The van der Waals surface area contributed by atoms with Crippen molar-refractivity contribution in [1.82, 2.24) is 19.8 Å². The number of ether oxygens (including phenoxy) is 1. The predicted octanol–water partition coefficient (Wildman–Crippen LogP) is 3.56. The van der Waals surface area contributed by atoms with Gasteiger partial charge in [0.2, 0.25) is 10.1 Å². The van der Waals surface area contributed by atoms with Crippen LogP contribution in [-0.4, -0.2) is 32.8 Å². The minimum atomic E-state index is -0.447. The van der Waals surface area contributed by atoms with E-state index in [2.05, 4.69) is 20.6 Å². The number of halogens is 1. The van der Waals surface area contributed by atoms with Crippen LogP contribution in [0.4, 0.5) is 9.52 Å². The molecule has 27 heavy (non-hydrogen) atoms. The SMILES string of the molecule is COc1ccccc1-c1nnc2sc(NC(=O)c3ccc(C)c(F)c3)nn12. The highest BCUT2D eigenvalue weighted by Crippen LogP contribution is 2.30. The molecule has 2 aromatic carbocycles. The van der Waals surface area contributed by atoms with E-state index in [4.69, 9.17) is 4.74 Å². The first-order valence-corrected chi connectivity index (χ1v) is 8.81. The largest absolute Gasteiger partial charge is 0.496 e. The number of nitrogens with one attached hydrogen (secondary N) is 1. The Bertz CT molecular complexity index is 1150. The van der Waals surface area contributed by atoms with Crippen molar-refractivity contribution < 1.29 is 13.9 Å². The number of para-hydroxylation sites is 1. The summed E-state index contributed by atoms with van der Waals surface area (Å²) in [5.41, 5.74) is 1.43. The van der Waals surface area contributed by atoms with Gasteiger partial charge in [0.05, 0.1) is 12.7 Å². The van der Waals surface area contributed by atoms with Crippen LogP contribution >= 0.6 is 11.3 Å². The van der Waals surface area contributed by atoms with Crippen molar-refractivity contribution in [2.75, 3.05) is 12.4 Å².